The summed E-state index contributed by atoms with van der Waals surface area (Å²) in [7, 11) is 1.00. The van der Waals surface area contributed by atoms with Crippen LogP contribution >= 0.6 is 0 Å². The second-order valence-corrected chi connectivity index (χ2v) is 3.59. The summed E-state index contributed by atoms with van der Waals surface area (Å²) in [6.45, 7) is 0. The normalized spacial score (nSPS) is 15.6. The molecule has 1 fully saturated rings. The summed E-state index contributed by atoms with van der Waals surface area (Å²) >= 11 is 0. The van der Waals surface area contributed by atoms with Gasteiger partial charge in [-0.1, -0.05) is 0 Å². The minimum absolute atomic E-state index is 0.434. The smallest absolute Gasteiger partial charge is 0.119 e. The molecule has 3 heteroatoms. The summed E-state index contributed by atoms with van der Waals surface area (Å²) in [6.07, 6.45) is 5.44. The average Bonchev–Trinajstić information content (AvgIpc) is 2.77. The fourth-order valence-corrected chi connectivity index (χ4v) is 1.75. The van der Waals surface area contributed by atoms with E-state index in [2.05, 4.69) is 0 Å². The van der Waals surface area contributed by atoms with Gasteiger partial charge in [-0.05, 0) is 49.9 Å². The van der Waals surface area contributed by atoms with Crippen molar-refractivity contribution in [3.05, 3.63) is 24.3 Å². The van der Waals surface area contributed by atoms with Gasteiger partial charge in [0, 0.05) is 12.8 Å². The van der Waals surface area contributed by atoms with E-state index in [-0.39, 0.29) is 0 Å². The summed E-state index contributed by atoms with van der Waals surface area (Å²) in [4.78, 5) is 0. The largest absolute Gasteiger partial charge is 0.490 e. The topological polar surface area (TPSA) is 55.5 Å². The number of hydrogen-bond donors (Lipinski definition) is 2. The molecule has 1 saturated carbocycles. The molecule has 0 spiro atoms. The number of hydrogen-bond acceptors (Lipinski definition) is 3. The Morgan fingerprint density at radius 2 is 1.67 bits per heavy atom. The molecule has 0 saturated heterocycles. The zero-order valence-corrected chi connectivity index (χ0v) is 9.15. The minimum atomic E-state index is 0.434. The number of rotatable bonds is 2. The monoisotopic (exact) mass is 209 g/mol. The van der Waals surface area contributed by atoms with Crippen molar-refractivity contribution in [1.82, 2.24) is 0 Å². The first kappa shape index (κ1) is 11.9. The van der Waals surface area contributed by atoms with Gasteiger partial charge in [0.15, 0.2) is 0 Å². The van der Waals surface area contributed by atoms with Crippen molar-refractivity contribution in [2.75, 3.05) is 12.8 Å². The van der Waals surface area contributed by atoms with Gasteiger partial charge in [-0.25, -0.2) is 0 Å². The lowest BCUT2D eigenvalue weighted by molar-refractivity contribution is 0.210. The number of nitrogen functional groups attached to an aromatic ring is 1. The number of benzene rings is 1. The van der Waals surface area contributed by atoms with Gasteiger partial charge in [0.25, 0.3) is 0 Å². The maximum absolute atomic E-state index is 7.00. The predicted octanol–water partition coefficient (Wildman–Crippen LogP) is 2.20. The molecule has 0 radical (unpaired) electrons. The lowest BCUT2D eigenvalue weighted by Crippen LogP contribution is -2.10. The zero-order chi connectivity index (χ0) is 11.1. The second kappa shape index (κ2) is 6.30. The minimum Gasteiger partial charge on any atom is -0.490 e. The van der Waals surface area contributed by atoms with Gasteiger partial charge in [-0.2, -0.15) is 0 Å². The highest BCUT2D eigenvalue weighted by Gasteiger charge is 2.15. The highest BCUT2D eigenvalue weighted by molar-refractivity contribution is 5.41. The van der Waals surface area contributed by atoms with E-state index in [0.717, 1.165) is 18.5 Å². The van der Waals surface area contributed by atoms with Crippen molar-refractivity contribution < 1.29 is 9.84 Å². The summed E-state index contributed by atoms with van der Waals surface area (Å²) < 4.78 is 5.77. The summed E-state index contributed by atoms with van der Waals surface area (Å²) in [6, 6.07) is 7.63. The summed E-state index contributed by atoms with van der Waals surface area (Å²) in [5.74, 6) is 0.945. The molecular formula is C12H19NO2. The molecule has 0 aliphatic heterocycles. The number of ether oxygens (including phenoxy) is 1. The van der Waals surface area contributed by atoms with E-state index < -0.39 is 0 Å². The Morgan fingerprint density at radius 3 is 2.20 bits per heavy atom. The first-order valence-electron chi connectivity index (χ1n) is 5.31. The van der Waals surface area contributed by atoms with E-state index in [4.69, 9.17) is 15.6 Å². The van der Waals surface area contributed by atoms with Crippen LogP contribution in [0.5, 0.6) is 5.75 Å². The van der Waals surface area contributed by atoms with Crippen LogP contribution < -0.4 is 10.5 Å². The first-order chi connectivity index (χ1) is 7.34. The molecule has 84 valence electrons. The van der Waals surface area contributed by atoms with Crippen molar-refractivity contribution in [1.29, 1.82) is 0 Å². The third kappa shape index (κ3) is 3.80. The molecule has 0 bridgehead atoms. The average molecular weight is 209 g/mol. The molecule has 15 heavy (non-hydrogen) atoms. The van der Waals surface area contributed by atoms with Crippen molar-refractivity contribution in [2.24, 2.45) is 0 Å². The van der Waals surface area contributed by atoms with Crippen molar-refractivity contribution >= 4 is 5.69 Å². The van der Waals surface area contributed by atoms with Gasteiger partial charge in [-0.3, -0.25) is 0 Å². The van der Waals surface area contributed by atoms with Crippen LogP contribution in [-0.4, -0.2) is 18.3 Å². The molecule has 1 aromatic rings. The maximum atomic E-state index is 7.00. The van der Waals surface area contributed by atoms with Crippen LogP contribution in [0.1, 0.15) is 25.7 Å². The highest BCUT2D eigenvalue weighted by Crippen LogP contribution is 2.24. The summed E-state index contributed by atoms with van der Waals surface area (Å²) in [5.41, 5.74) is 6.37. The van der Waals surface area contributed by atoms with Gasteiger partial charge >= 0.3 is 0 Å². The standard InChI is InChI=1S/C11H15NO.CH4O/c12-9-5-7-11(8-6-9)13-10-3-1-2-4-10;1-2/h5-8,10H,1-4,12H2;2H,1H3. The molecule has 1 aliphatic rings. The number of aliphatic hydroxyl groups excluding tert-OH is 1. The molecule has 3 N–H and O–H groups in total. The second-order valence-electron chi connectivity index (χ2n) is 3.59. The van der Waals surface area contributed by atoms with Crippen molar-refractivity contribution in [3.8, 4) is 5.75 Å². The van der Waals surface area contributed by atoms with Crippen LogP contribution in [0.4, 0.5) is 5.69 Å². The number of anilines is 1. The quantitative estimate of drug-likeness (QED) is 0.734. The summed E-state index contributed by atoms with van der Waals surface area (Å²) in [5, 5.41) is 7.00. The molecule has 0 aromatic heterocycles. The molecule has 0 amide bonds. The van der Waals surface area contributed by atoms with Crippen LogP contribution in [-0.2, 0) is 0 Å². The molecule has 2 rings (SSSR count). The molecule has 1 aliphatic carbocycles. The molecule has 0 unspecified atom stereocenters. The van der Waals surface area contributed by atoms with Crippen molar-refractivity contribution in [3.63, 3.8) is 0 Å². The molecule has 0 atom stereocenters. The van der Waals surface area contributed by atoms with E-state index in [1.807, 2.05) is 24.3 Å². The number of nitrogens with two attached hydrogens (primary N) is 1. The third-order valence-electron chi connectivity index (χ3n) is 2.49. The van der Waals surface area contributed by atoms with Crippen LogP contribution in [0.2, 0.25) is 0 Å². The fourth-order valence-electron chi connectivity index (χ4n) is 1.75. The predicted molar refractivity (Wildman–Crippen MR) is 61.9 cm³/mol. The fraction of sp³-hybridized carbons (Fsp3) is 0.500. The SMILES string of the molecule is CO.Nc1ccc(OC2CCCC2)cc1. The van der Waals surface area contributed by atoms with Crippen LogP contribution in [0.25, 0.3) is 0 Å². The molecular weight excluding hydrogens is 190 g/mol. The van der Waals surface area contributed by atoms with Crippen LogP contribution in [0.15, 0.2) is 24.3 Å². The lowest BCUT2D eigenvalue weighted by atomic mass is 10.3. The zero-order valence-electron chi connectivity index (χ0n) is 9.15. The Labute approximate surface area is 90.9 Å². The van der Waals surface area contributed by atoms with Gasteiger partial charge < -0.3 is 15.6 Å². The molecule has 0 heterocycles. The van der Waals surface area contributed by atoms with E-state index in [1.165, 1.54) is 25.7 Å². The van der Waals surface area contributed by atoms with Crippen LogP contribution in [0.3, 0.4) is 0 Å². The van der Waals surface area contributed by atoms with Crippen LogP contribution in [0, 0.1) is 0 Å². The van der Waals surface area contributed by atoms with Crippen molar-refractivity contribution in [2.45, 2.75) is 31.8 Å². The maximum Gasteiger partial charge on any atom is 0.119 e. The highest BCUT2D eigenvalue weighted by atomic mass is 16.5. The lowest BCUT2D eigenvalue weighted by Gasteiger charge is -2.12. The Balaban J connectivity index is 0.000000531. The van der Waals surface area contributed by atoms with E-state index >= 15 is 0 Å². The van der Waals surface area contributed by atoms with Gasteiger partial charge in [0.05, 0.1) is 6.10 Å². The Bertz CT molecular complexity index is 265. The Morgan fingerprint density at radius 1 is 1.13 bits per heavy atom. The molecule has 1 aromatic carbocycles. The first-order valence-corrected chi connectivity index (χ1v) is 5.31. The van der Waals surface area contributed by atoms with E-state index in [1.54, 1.807) is 0 Å². The van der Waals surface area contributed by atoms with E-state index in [9.17, 15) is 0 Å². The Kier molecular flexibility index (Phi) is 4.98. The van der Waals surface area contributed by atoms with Gasteiger partial charge in [0.2, 0.25) is 0 Å². The van der Waals surface area contributed by atoms with Gasteiger partial charge in [0.1, 0.15) is 5.75 Å². The Hall–Kier alpha value is -1.22. The van der Waals surface area contributed by atoms with Gasteiger partial charge in [-0.15, -0.1) is 0 Å². The number of aliphatic hydroxyl groups is 1. The molecule has 3 nitrogen and oxygen atoms in total. The van der Waals surface area contributed by atoms with E-state index in [0.29, 0.717) is 6.10 Å². The third-order valence-corrected chi connectivity index (χ3v) is 2.49.